The Morgan fingerprint density at radius 1 is 1.18 bits per heavy atom. The SMILES string of the molecule is CCNC(=NCCc1ccc(OCC(C)C)cc1)N1CCC(OCC)CC1.I. The molecule has 1 aliphatic rings. The summed E-state index contributed by atoms with van der Waals surface area (Å²) >= 11 is 0. The van der Waals surface area contributed by atoms with Crippen molar-refractivity contribution in [3.63, 3.8) is 0 Å². The van der Waals surface area contributed by atoms with E-state index in [4.69, 9.17) is 14.5 Å². The van der Waals surface area contributed by atoms with Crippen molar-refractivity contribution in [2.24, 2.45) is 10.9 Å². The molecule has 2 rings (SSSR count). The quantitative estimate of drug-likeness (QED) is 0.309. The van der Waals surface area contributed by atoms with E-state index in [-0.39, 0.29) is 24.0 Å². The largest absolute Gasteiger partial charge is 0.493 e. The lowest BCUT2D eigenvalue weighted by Gasteiger charge is -2.34. The van der Waals surface area contributed by atoms with E-state index in [1.165, 1.54) is 5.56 Å². The van der Waals surface area contributed by atoms with E-state index in [0.717, 1.165) is 70.4 Å². The van der Waals surface area contributed by atoms with Crippen LogP contribution in [0, 0.1) is 5.92 Å². The summed E-state index contributed by atoms with van der Waals surface area (Å²) in [6, 6.07) is 8.41. The summed E-state index contributed by atoms with van der Waals surface area (Å²) in [6.07, 6.45) is 3.51. The number of guanidine groups is 1. The highest BCUT2D eigenvalue weighted by Gasteiger charge is 2.21. The number of nitrogens with one attached hydrogen (secondary N) is 1. The molecular weight excluding hydrogens is 465 g/mol. The highest BCUT2D eigenvalue weighted by Crippen LogP contribution is 2.15. The van der Waals surface area contributed by atoms with Crippen LogP contribution in [-0.2, 0) is 11.2 Å². The summed E-state index contributed by atoms with van der Waals surface area (Å²) in [5.41, 5.74) is 1.29. The van der Waals surface area contributed by atoms with Crippen molar-refractivity contribution in [2.45, 2.75) is 53.1 Å². The monoisotopic (exact) mass is 503 g/mol. The second kappa shape index (κ2) is 14.0. The topological polar surface area (TPSA) is 46.1 Å². The number of hydrogen-bond donors (Lipinski definition) is 1. The molecule has 1 N–H and O–H groups in total. The van der Waals surface area contributed by atoms with E-state index in [1.54, 1.807) is 0 Å². The van der Waals surface area contributed by atoms with Gasteiger partial charge in [0.1, 0.15) is 5.75 Å². The molecule has 1 aliphatic heterocycles. The minimum absolute atomic E-state index is 0. The fourth-order valence-corrected chi connectivity index (χ4v) is 3.20. The number of aliphatic imine (C=N–C) groups is 1. The Morgan fingerprint density at radius 3 is 2.43 bits per heavy atom. The number of rotatable bonds is 9. The third-order valence-corrected chi connectivity index (χ3v) is 4.65. The Morgan fingerprint density at radius 2 is 1.86 bits per heavy atom. The fourth-order valence-electron chi connectivity index (χ4n) is 3.20. The van der Waals surface area contributed by atoms with Crippen molar-refractivity contribution in [3.05, 3.63) is 29.8 Å². The molecule has 0 spiro atoms. The molecule has 0 aromatic heterocycles. The molecular formula is C22H38IN3O2. The van der Waals surface area contributed by atoms with E-state index < -0.39 is 0 Å². The standard InChI is InChI=1S/C22H37N3O2.HI/c1-5-23-22(25-15-12-21(13-16-25)26-6-2)24-14-11-19-7-9-20(10-8-19)27-17-18(3)4;/h7-10,18,21H,5-6,11-17H2,1-4H3,(H,23,24);1H. The number of hydrogen-bond acceptors (Lipinski definition) is 3. The van der Waals surface area contributed by atoms with Crippen molar-refractivity contribution in [1.82, 2.24) is 10.2 Å². The zero-order valence-corrected chi connectivity index (χ0v) is 20.3. The molecule has 28 heavy (non-hydrogen) atoms. The summed E-state index contributed by atoms with van der Waals surface area (Å²) in [5.74, 6) is 2.52. The second-order valence-electron chi connectivity index (χ2n) is 7.48. The number of nitrogens with zero attached hydrogens (tertiary/aromatic N) is 2. The Balaban J connectivity index is 0.00000392. The molecule has 1 heterocycles. The van der Waals surface area contributed by atoms with Gasteiger partial charge in [0, 0.05) is 32.8 Å². The van der Waals surface area contributed by atoms with Gasteiger partial charge in [-0.1, -0.05) is 26.0 Å². The lowest BCUT2D eigenvalue weighted by Crippen LogP contribution is -2.47. The molecule has 5 nitrogen and oxygen atoms in total. The van der Waals surface area contributed by atoms with Crippen LogP contribution < -0.4 is 10.1 Å². The van der Waals surface area contributed by atoms with E-state index in [2.05, 4.69) is 62.2 Å². The number of ether oxygens (including phenoxy) is 2. The van der Waals surface area contributed by atoms with E-state index >= 15 is 0 Å². The average Bonchev–Trinajstić information content (AvgIpc) is 2.67. The maximum absolute atomic E-state index is 5.75. The van der Waals surface area contributed by atoms with Gasteiger partial charge in [-0.15, -0.1) is 24.0 Å². The maximum Gasteiger partial charge on any atom is 0.193 e. The van der Waals surface area contributed by atoms with Gasteiger partial charge < -0.3 is 19.7 Å². The first-order valence-corrected chi connectivity index (χ1v) is 10.5. The first-order chi connectivity index (χ1) is 13.1. The molecule has 0 bridgehead atoms. The highest BCUT2D eigenvalue weighted by atomic mass is 127. The fraction of sp³-hybridized carbons (Fsp3) is 0.682. The van der Waals surface area contributed by atoms with Gasteiger partial charge in [-0.25, -0.2) is 0 Å². The number of benzene rings is 1. The Hall–Kier alpha value is -1.02. The minimum atomic E-state index is 0. The molecule has 0 saturated carbocycles. The predicted molar refractivity (Wildman–Crippen MR) is 128 cm³/mol. The Kier molecular flexibility index (Phi) is 12.5. The van der Waals surface area contributed by atoms with Crippen LogP contribution in [0.4, 0.5) is 0 Å². The Labute approximate surface area is 188 Å². The number of piperidine rings is 1. The molecule has 0 atom stereocenters. The molecule has 1 aromatic rings. The highest BCUT2D eigenvalue weighted by molar-refractivity contribution is 14.0. The van der Waals surface area contributed by atoms with Gasteiger partial charge in [0.2, 0.25) is 0 Å². The third kappa shape index (κ3) is 8.99. The minimum Gasteiger partial charge on any atom is -0.493 e. The van der Waals surface area contributed by atoms with Crippen LogP contribution in [-0.4, -0.2) is 56.4 Å². The van der Waals surface area contributed by atoms with Gasteiger partial charge in [-0.05, 0) is 56.7 Å². The number of likely N-dealkylation sites (tertiary alicyclic amines) is 1. The van der Waals surface area contributed by atoms with Gasteiger partial charge in [-0.2, -0.15) is 0 Å². The second-order valence-corrected chi connectivity index (χ2v) is 7.48. The normalized spacial score (nSPS) is 15.5. The molecule has 0 aliphatic carbocycles. The Bertz CT molecular complexity index is 555. The van der Waals surface area contributed by atoms with Crippen LogP contribution in [0.1, 0.15) is 46.1 Å². The van der Waals surface area contributed by atoms with Crippen molar-refractivity contribution in [1.29, 1.82) is 0 Å². The van der Waals surface area contributed by atoms with Crippen molar-refractivity contribution in [2.75, 3.05) is 39.4 Å². The average molecular weight is 503 g/mol. The summed E-state index contributed by atoms with van der Waals surface area (Å²) in [4.78, 5) is 7.21. The van der Waals surface area contributed by atoms with Gasteiger partial charge in [0.25, 0.3) is 0 Å². The first kappa shape index (κ1) is 25.0. The molecule has 1 aromatic carbocycles. The van der Waals surface area contributed by atoms with E-state index in [1.807, 2.05) is 0 Å². The zero-order valence-electron chi connectivity index (χ0n) is 17.9. The number of halogens is 1. The van der Waals surface area contributed by atoms with Crippen LogP contribution >= 0.6 is 24.0 Å². The molecule has 0 amide bonds. The summed E-state index contributed by atoms with van der Waals surface area (Å²) in [6.45, 7) is 13.8. The lowest BCUT2D eigenvalue weighted by atomic mass is 10.1. The molecule has 0 radical (unpaired) electrons. The summed E-state index contributed by atoms with van der Waals surface area (Å²) in [5, 5.41) is 3.44. The first-order valence-electron chi connectivity index (χ1n) is 10.5. The van der Waals surface area contributed by atoms with E-state index in [9.17, 15) is 0 Å². The third-order valence-electron chi connectivity index (χ3n) is 4.65. The predicted octanol–water partition coefficient (Wildman–Crippen LogP) is 4.35. The molecule has 160 valence electrons. The van der Waals surface area contributed by atoms with Crippen LogP contribution in [0.3, 0.4) is 0 Å². The summed E-state index contributed by atoms with van der Waals surface area (Å²) < 4.78 is 11.5. The smallest absolute Gasteiger partial charge is 0.193 e. The molecule has 6 heteroatoms. The van der Waals surface area contributed by atoms with Gasteiger partial charge in [0.05, 0.1) is 12.7 Å². The molecule has 0 unspecified atom stereocenters. The van der Waals surface area contributed by atoms with Crippen LogP contribution in [0.5, 0.6) is 5.75 Å². The maximum atomic E-state index is 5.75. The van der Waals surface area contributed by atoms with Crippen molar-refractivity contribution < 1.29 is 9.47 Å². The van der Waals surface area contributed by atoms with Gasteiger partial charge >= 0.3 is 0 Å². The van der Waals surface area contributed by atoms with E-state index in [0.29, 0.717) is 12.0 Å². The van der Waals surface area contributed by atoms with Gasteiger partial charge in [0.15, 0.2) is 5.96 Å². The molecule has 1 fully saturated rings. The van der Waals surface area contributed by atoms with Crippen LogP contribution in [0.25, 0.3) is 0 Å². The zero-order chi connectivity index (χ0) is 19.5. The van der Waals surface area contributed by atoms with Crippen LogP contribution in [0.15, 0.2) is 29.3 Å². The van der Waals surface area contributed by atoms with Crippen LogP contribution in [0.2, 0.25) is 0 Å². The van der Waals surface area contributed by atoms with Crippen molar-refractivity contribution >= 4 is 29.9 Å². The molecule has 1 saturated heterocycles. The lowest BCUT2D eigenvalue weighted by molar-refractivity contribution is 0.0264. The van der Waals surface area contributed by atoms with Gasteiger partial charge in [-0.3, -0.25) is 4.99 Å². The van der Waals surface area contributed by atoms with Crippen molar-refractivity contribution in [3.8, 4) is 5.75 Å². The summed E-state index contributed by atoms with van der Waals surface area (Å²) in [7, 11) is 0.